The second kappa shape index (κ2) is 9.90. The van der Waals surface area contributed by atoms with Gasteiger partial charge in [-0.3, -0.25) is 4.79 Å². The molecule has 2 amide bonds. The molecule has 0 saturated carbocycles. The molecule has 0 radical (unpaired) electrons. The Bertz CT molecular complexity index is 1000. The van der Waals surface area contributed by atoms with Gasteiger partial charge in [0, 0.05) is 0 Å². The topological polar surface area (TPSA) is 134 Å². The highest BCUT2D eigenvalue weighted by atomic mass is 16.5. The Labute approximate surface area is 168 Å². The number of ether oxygens (including phenoxy) is 2. The molecule has 0 spiro atoms. The van der Waals surface area contributed by atoms with Crippen LogP contribution in [-0.2, 0) is 0 Å². The van der Waals surface area contributed by atoms with Crippen molar-refractivity contribution in [3.8, 4) is 28.3 Å². The van der Waals surface area contributed by atoms with Crippen LogP contribution in [0.15, 0.2) is 48.7 Å². The fourth-order valence-corrected chi connectivity index (χ4v) is 2.68. The van der Waals surface area contributed by atoms with Crippen LogP contribution in [0.1, 0.15) is 10.5 Å². The Hall–Kier alpha value is -3.85. The summed E-state index contributed by atoms with van der Waals surface area (Å²) in [6.45, 7) is 0. The van der Waals surface area contributed by atoms with Gasteiger partial charge in [0.2, 0.25) is 0 Å². The normalized spacial score (nSPS) is 9.79. The minimum Gasteiger partial charge on any atom is -0.493 e. The molecule has 0 aliphatic rings. The van der Waals surface area contributed by atoms with Crippen LogP contribution in [0.2, 0.25) is 0 Å². The van der Waals surface area contributed by atoms with Gasteiger partial charge in [-0.15, -0.1) is 0 Å². The molecule has 0 fully saturated rings. The third-order valence-corrected chi connectivity index (χ3v) is 3.94. The smallest absolute Gasteiger partial charge is 0.316 e. The van der Waals surface area contributed by atoms with E-state index in [-0.39, 0.29) is 11.4 Å². The van der Waals surface area contributed by atoms with Gasteiger partial charge in [-0.05, 0) is 42.4 Å². The molecule has 3 rings (SSSR count). The summed E-state index contributed by atoms with van der Waals surface area (Å²) >= 11 is 0. The van der Waals surface area contributed by atoms with Gasteiger partial charge in [0.15, 0.2) is 17.8 Å². The molecule has 0 saturated heterocycles. The SMILES string of the molecule is CN.COc1ccc(-c2cccc(-n3cc(NC(N)=O)c(C=O)n3)c2)cc1OC. The Morgan fingerprint density at radius 1 is 1.07 bits per heavy atom. The number of nitrogens with zero attached hydrogens (tertiary/aromatic N) is 2. The van der Waals surface area contributed by atoms with E-state index < -0.39 is 6.03 Å². The number of anilines is 1. The number of aldehydes is 1. The van der Waals surface area contributed by atoms with E-state index in [1.807, 2.05) is 42.5 Å². The maximum atomic E-state index is 11.2. The van der Waals surface area contributed by atoms with Crippen LogP contribution in [-0.4, -0.2) is 43.4 Å². The van der Waals surface area contributed by atoms with Crippen molar-refractivity contribution in [2.75, 3.05) is 26.6 Å². The van der Waals surface area contributed by atoms with Gasteiger partial charge in [0.1, 0.15) is 5.69 Å². The van der Waals surface area contributed by atoms with Crippen LogP contribution in [0.5, 0.6) is 11.5 Å². The molecular formula is C20H23N5O4. The lowest BCUT2D eigenvalue weighted by molar-refractivity contribution is 0.111. The summed E-state index contributed by atoms with van der Waals surface area (Å²) in [7, 11) is 4.66. The maximum Gasteiger partial charge on any atom is 0.316 e. The highest BCUT2D eigenvalue weighted by Gasteiger charge is 2.12. The third kappa shape index (κ3) is 4.90. The van der Waals surface area contributed by atoms with Gasteiger partial charge in [-0.2, -0.15) is 5.10 Å². The molecule has 0 aliphatic carbocycles. The molecular weight excluding hydrogens is 374 g/mol. The number of benzene rings is 2. The van der Waals surface area contributed by atoms with E-state index in [1.54, 1.807) is 14.2 Å². The van der Waals surface area contributed by atoms with Gasteiger partial charge in [-0.1, -0.05) is 18.2 Å². The average Bonchev–Trinajstić information content (AvgIpc) is 3.17. The van der Waals surface area contributed by atoms with E-state index in [4.69, 9.17) is 15.2 Å². The summed E-state index contributed by atoms with van der Waals surface area (Å²) in [4.78, 5) is 22.2. The Kier molecular flexibility index (Phi) is 7.33. The number of hydrogen-bond donors (Lipinski definition) is 3. The van der Waals surface area contributed by atoms with Crippen LogP contribution < -0.4 is 26.3 Å². The second-order valence-corrected chi connectivity index (χ2v) is 5.60. The zero-order valence-corrected chi connectivity index (χ0v) is 16.4. The molecule has 9 nitrogen and oxygen atoms in total. The lowest BCUT2D eigenvalue weighted by Crippen LogP contribution is -2.19. The molecule has 152 valence electrons. The fraction of sp³-hybridized carbons (Fsp3) is 0.150. The summed E-state index contributed by atoms with van der Waals surface area (Å²) < 4.78 is 12.1. The van der Waals surface area contributed by atoms with Crippen LogP contribution in [0.3, 0.4) is 0 Å². The maximum absolute atomic E-state index is 11.2. The molecule has 9 heteroatoms. The van der Waals surface area contributed by atoms with Crippen LogP contribution >= 0.6 is 0 Å². The predicted molar refractivity (Wildman–Crippen MR) is 111 cm³/mol. The summed E-state index contributed by atoms with van der Waals surface area (Å²) in [6.07, 6.45) is 2.09. The average molecular weight is 397 g/mol. The Balaban J connectivity index is 0.00000145. The largest absolute Gasteiger partial charge is 0.493 e. The molecule has 0 unspecified atom stereocenters. The van der Waals surface area contributed by atoms with Crippen molar-refractivity contribution in [1.82, 2.24) is 9.78 Å². The van der Waals surface area contributed by atoms with Crippen LogP contribution in [0, 0.1) is 0 Å². The molecule has 0 aliphatic heterocycles. The van der Waals surface area contributed by atoms with E-state index in [9.17, 15) is 9.59 Å². The molecule has 5 N–H and O–H groups in total. The minimum absolute atomic E-state index is 0.0883. The van der Waals surface area contributed by atoms with Gasteiger partial charge >= 0.3 is 6.03 Å². The van der Waals surface area contributed by atoms with E-state index in [0.29, 0.717) is 23.5 Å². The molecule has 1 heterocycles. The van der Waals surface area contributed by atoms with E-state index in [2.05, 4.69) is 16.1 Å². The molecule has 29 heavy (non-hydrogen) atoms. The lowest BCUT2D eigenvalue weighted by Gasteiger charge is -2.10. The van der Waals surface area contributed by atoms with Gasteiger partial charge < -0.3 is 26.3 Å². The number of nitrogens with one attached hydrogen (secondary N) is 1. The fourth-order valence-electron chi connectivity index (χ4n) is 2.68. The molecule has 2 aromatic carbocycles. The summed E-state index contributed by atoms with van der Waals surface area (Å²) in [5.41, 5.74) is 12.5. The molecule has 0 bridgehead atoms. The number of methoxy groups -OCH3 is 2. The monoisotopic (exact) mass is 397 g/mol. The van der Waals surface area contributed by atoms with Crippen molar-refractivity contribution < 1.29 is 19.1 Å². The first-order valence-corrected chi connectivity index (χ1v) is 8.57. The highest BCUT2D eigenvalue weighted by molar-refractivity contribution is 5.93. The molecule has 0 atom stereocenters. The van der Waals surface area contributed by atoms with Crippen molar-refractivity contribution in [3.63, 3.8) is 0 Å². The first kappa shape index (κ1) is 21.5. The van der Waals surface area contributed by atoms with Crippen molar-refractivity contribution >= 4 is 18.0 Å². The number of aromatic nitrogens is 2. The van der Waals surface area contributed by atoms with Crippen LogP contribution in [0.25, 0.3) is 16.8 Å². The highest BCUT2D eigenvalue weighted by Crippen LogP contribution is 2.33. The van der Waals surface area contributed by atoms with E-state index in [1.165, 1.54) is 17.9 Å². The number of carbonyl (C=O) groups excluding carboxylic acids is 2. The molecule has 1 aromatic heterocycles. The first-order valence-electron chi connectivity index (χ1n) is 8.57. The minimum atomic E-state index is -0.767. The summed E-state index contributed by atoms with van der Waals surface area (Å²) in [5.74, 6) is 1.26. The number of rotatable bonds is 6. The van der Waals surface area contributed by atoms with Crippen molar-refractivity contribution in [2.45, 2.75) is 0 Å². The predicted octanol–water partition coefficient (Wildman–Crippen LogP) is 2.43. The van der Waals surface area contributed by atoms with Crippen molar-refractivity contribution in [2.24, 2.45) is 11.5 Å². The van der Waals surface area contributed by atoms with E-state index >= 15 is 0 Å². The van der Waals surface area contributed by atoms with Crippen LogP contribution in [0.4, 0.5) is 10.5 Å². The lowest BCUT2D eigenvalue weighted by atomic mass is 10.0. The summed E-state index contributed by atoms with van der Waals surface area (Å²) in [5, 5.41) is 6.56. The van der Waals surface area contributed by atoms with E-state index in [0.717, 1.165) is 11.1 Å². The number of amides is 2. The number of nitrogens with two attached hydrogens (primary N) is 2. The third-order valence-electron chi connectivity index (χ3n) is 3.94. The Morgan fingerprint density at radius 2 is 1.76 bits per heavy atom. The number of carbonyl (C=O) groups is 2. The van der Waals surface area contributed by atoms with Crippen molar-refractivity contribution in [3.05, 3.63) is 54.4 Å². The second-order valence-electron chi connectivity index (χ2n) is 5.60. The van der Waals surface area contributed by atoms with Gasteiger partial charge in [-0.25, -0.2) is 9.48 Å². The van der Waals surface area contributed by atoms with Crippen molar-refractivity contribution in [1.29, 1.82) is 0 Å². The van der Waals surface area contributed by atoms with Gasteiger partial charge in [0.05, 0.1) is 31.8 Å². The summed E-state index contributed by atoms with van der Waals surface area (Å²) in [6, 6.07) is 12.4. The standard InChI is InChI=1S/C19H18N4O4.CH5N/c1-26-17-7-6-13(9-18(17)27-2)12-4-3-5-14(8-12)23-10-15(21-19(20)25)16(11-24)22-23;1-2/h3-11H,1-2H3,(H3,20,21,25);2H2,1H3. The number of hydrogen-bond acceptors (Lipinski definition) is 6. The van der Waals surface area contributed by atoms with Gasteiger partial charge in [0.25, 0.3) is 0 Å². The molecule has 3 aromatic rings. The number of primary amides is 1. The quantitative estimate of drug-likeness (QED) is 0.547. The Morgan fingerprint density at radius 3 is 2.38 bits per heavy atom. The first-order chi connectivity index (χ1) is 14.0. The number of urea groups is 1. The zero-order chi connectivity index (χ0) is 21.4. The zero-order valence-electron chi connectivity index (χ0n) is 16.4.